The smallest absolute Gasteiger partial charge is 0.243 e. The number of nitrogens with two attached hydrogens (primary N) is 1. The Morgan fingerprint density at radius 1 is 1.50 bits per heavy atom. The first kappa shape index (κ1) is 15.4. The van der Waals surface area contributed by atoms with Crippen molar-refractivity contribution in [3.05, 3.63) is 12.4 Å². The Balaban J connectivity index is 1.90. The number of hydrogen-bond acceptors (Lipinski definition) is 5. The van der Waals surface area contributed by atoms with Gasteiger partial charge in [-0.05, 0) is 32.2 Å². The van der Waals surface area contributed by atoms with Gasteiger partial charge in [0.15, 0.2) is 0 Å². The van der Waals surface area contributed by atoms with E-state index < -0.39 is 10.0 Å². The van der Waals surface area contributed by atoms with E-state index in [-0.39, 0.29) is 11.0 Å². The molecule has 1 saturated heterocycles. The Labute approximate surface area is 119 Å². The van der Waals surface area contributed by atoms with Crippen LogP contribution >= 0.6 is 0 Å². The maximum atomic E-state index is 12.1. The fourth-order valence-electron chi connectivity index (χ4n) is 2.11. The maximum absolute atomic E-state index is 12.1. The fraction of sp³-hybridized carbons (Fsp3) is 0.750. The molecular weight excluding hydrogens is 280 g/mol. The number of aromatic nitrogens is 2. The molecule has 0 aliphatic carbocycles. The summed E-state index contributed by atoms with van der Waals surface area (Å²) in [5.41, 5.74) is 5.41. The largest absolute Gasteiger partial charge is 0.377 e. The topological polar surface area (TPSA) is 99.2 Å². The maximum Gasteiger partial charge on any atom is 0.243 e. The summed E-state index contributed by atoms with van der Waals surface area (Å²) in [5.74, 6) is 0. The Morgan fingerprint density at radius 2 is 2.35 bits per heavy atom. The van der Waals surface area contributed by atoms with E-state index in [1.165, 1.54) is 12.4 Å². The van der Waals surface area contributed by atoms with Crippen LogP contribution in [0.5, 0.6) is 0 Å². The molecule has 3 N–H and O–H groups in total. The van der Waals surface area contributed by atoms with Crippen molar-refractivity contribution in [2.45, 2.75) is 43.2 Å². The highest BCUT2D eigenvalue weighted by atomic mass is 32.2. The van der Waals surface area contributed by atoms with E-state index in [0.29, 0.717) is 26.2 Å². The van der Waals surface area contributed by atoms with Crippen LogP contribution in [-0.4, -0.2) is 44.0 Å². The molecule has 0 amide bonds. The van der Waals surface area contributed by atoms with Gasteiger partial charge in [0.05, 0.1) is 12.3 Å². The molecule has 1 fully saturated rings. The van der Waals surface area contributed by atoms with Gasteiger partial charge in [-0.1, -0.05) is 0 Å². The molecular formula is C12H22N4O3S. The number of ether oxygens (including phenoxy) is 1. The summed E-state index contributed by atoms with van der Waals surface area (Å²) in [6.07, 6.45) is 6.68. The summed E-state index contributed by atoms with van der Waals surface area (Å²) in [7, 11) is -3.51. The summed E-state index contributed by atoms with van der Waals surface area (Å²) in [6.45, 7) is 2.21. The van der Waals surface area contributed by atoms with Crippen LogP contribution in [0.4, 0.5) is 0 Å². The molecule has 0 aromatic carbocycles. The molecule has 20 heavy (non-hydrogen) atoms. The first-order valence-corrected chi connectivity index (χ1v) is 8.44. The number of hydrogen-bond donors (Lipinski definition) is 2. The van der Waals surface area contributed by atoms with E-state index in [0.717, 1.165) is 25.7 Å². The van der Waals surface area contributed by atoms with Gasteiger partial charge in [-0.2, -0.15) is 5.10 Å². The first-order chi connectivity index (χ1) is 9.62. The third kappa shape index (κ3) is 4.27. The Kier molecular flexibility index (Phi) is 5.53. The van der Waals surface area contributed by atoms with Crippen LogP contribution in [-0.2, 0) is 21.3 Å². The fourth-order valence-corrected chi connectivity index (χ4v) is 3.13. The van der Waals surface area contributed by atoms with Gasteiger partial charge < -0.3 is 10.5 Å². The zero-order chi connectivity index (χ0) is 14.4. The van der Waals surface area contributed by atoms with Crippen LogP contribution in [0.15, 0.2) is 17.3 Å². The van der Waals surface area contributed by atoms with Crippen LogP contribution in [0.3, 0.4) is 0 Å². The predicted octanol–water partition coefficient (Wildman–Crippen LogP) is 0.0793. The minimum absolute atomic E-state index is 0.0224. The number of sulfonamides is 1. The summed E-state index contributed by atoms with van der Waals surface area (Å²) in [5, 5.41) is 4.03. The van der Waals surface area contributed by atoms with Gasteiger partial charge in [-0.15, -0.1) is 0 Å². The van der Waals surface area contributed by atoms with Gasteiger partial charge in [0.2, 0.25) is 10.0 Å². The van der Waals surface area contributed by atoms with Gasteiger partial charge >= 0.3 is 0 Å². The van der Waals surface area contributed by atoms with Crippen LogP contribution in [0.1, 0.15) is 25.7 Å². The molecule has 2 heterocycles. The third-order valence-electron chi connectivity index (χ3n) is 3.29. The quantitative estimate of drug-likeness (QED) is 0.743. The van der Waals surface area contributed by atoms with Gasteiger partial charge in [-0.25, -0.2) is 13.1 Å². The van der Waals surface area contributed by atoms with E-state index in [4.69, 9.17) is 10.5 Å². The Bertz CT molecular complexity index is 509. The van der Waals surface area contributed by atoms with Gasteiger partial charge in [0.25, 0.3) is 0 Å². The van der Waals surface area contributed by atoms with Crippen molar-refractivity contribution in [3.63, 3.8) is 0 Å². The molecule has 0 radical (unpaired) electrons. The third-order valence-corrected chi connectivity index (χ3v) is 4.66. The molecule has 1 aromatic rings. The van der Waals surface area contributed by atoms with Gasteiger partial charge in [-0.3, -0.25) is 4.68 Å². The van der Waals surface area contributed by atoms with Crippen LogP contribution in [0.2, 0.25) is 0 Å². The molecule has 0 spiro atoms. The molecule has 1 aliphatic rings. The molecule has 1 atom stereocenters. The second-order valence-electron chi connectivity index (χ2n) is 4.92. The number of rotatable bonds is 7. The van der Waals surface area contributed by atoms with Crippen molar-refractivity contribution in [1.82, 2.24) is 14.5 Å². The van der Waals surface area contributed by atoms with Crippen molar-refractivity contribution in [1.29, 1.82) is 0 Å². The summed E-state index contributed by atoms with van der Waals surface area (Å²) < 4.78 is 33.9. The molecule has 2 rings (SSSR count). The summed E-state index contributed by atoms with van der Waals surface area (Å²) in [4.78, 5) is 0.185. The monoisotopic (exact) mass is 302 g/mol. The zero-order valence-corrected chi connectivity index (χ0v) is 12.3. The normalized spacial score (nSPS) is 20.1. The molecule has 7 nitrogen and oxygen atoms in total. The van der Waals surface area contributed by atoms with Gasteiger partial charge in [0, 0.05) is 25.9 Å². The summed E-state index contributed by atoms with van der Waals surface area (Å²) in [6, 6.07) is 0. The van der Waals surface area contributed by atoms with Crippen molar-refractivity contribution in [2.75, 3.05) is 19.7 Å². The SMILES string of the molecule is NCCCn1cc(S(=O)(=O)NCC2CCCCO2)cn1. The standard InChI is InChI=1S/C12H22N4O3S/c13-5-3-6-16-10-12(9-14-16)20(17,18)15-8-11-4-1-2-7-19-11/h9-11,15H,1-8,13H2. The van der Waals surface area contributed by atoms with E-state index in [2.05, 4.69) is 9.82 Å². The summed E-state index contributed by atoms with van der Waals surface area (Å²) >= 11 is 0. The molecule has 114 valence electrons. The minimum atomic E-state index is -3.51. The number of nitrogens with one attached hydrogen (secondary N) is 1. The van der Waals surface area contributed by atoms with E-state index in [1.54, 1.807) is 4.68 Å². The molecule has 8 heteroatoms. The van der Waals surface area contributed by atoms with Crippen LogP contribution in [0, 0.1) is 0 Å². The van der Waals surface area contributed by atoms with Crippen molar-refractivity contribution >= 4 is 10.0 Å². The first-order valence-electron chi connectivity index (χ1n) is 6.95. The minimum Gasteiger partial charge on any atom is -0.377 e. The lowest BCUT2D eigenvalue weighted by atomic mass is 10.1. The average Bonchev–Trinajstić information content (AvgIpc) is 2.94. The van der Waals surface area contributed by atoms with Crippen molar-refractivity contribution in [2.24, 2.45) is 5.73 Å². The Morgan fingerprint density at radius 3 is 3.05 bits per heavy atom. The van der Waals surface area contributed by atoms with Gasteiger partial charge in [0.1, 0.15) is 4.90 Å². The number of nitrogens with zero attached hydrogens (tertiary/aromatic N) is 2. The van der Waals surface area contributed by atoms with Crippen molar-refractivity contribution in [3.8, 4) is 0 Å². The average molecular weight is 302 g/mol. The Hall–Kier alpha value is -0.960. The highest BCUT2D eigenvalue weighted by Gasteiger charge is 2.20. The van der Waals surface area contributed by atoms with Crippen molar-refractivity contribution < 1.29 is 13.2 Å². The lowest BCUT2D eigenvalue weighted by molar-refractivity contribution is 0.0200. The van der Waals surface area contributed by atoms with Crippen LogP contribution < -0.4 is 10.5 Å². The molecule has 0 saturated carbocycles. The predicted molar refractivity (Wildman–Crippen MR) is 74.7 cm³/mol. The lowest BCUT2D eigenvalue weighted by Gasteiger charge is -2.22. The second kappa shape index (κ2) is 7.16. The second-order valence-corrected chi connectivity index (χ2v) is 6.69. The highest BCUT2D eigenvalue weighted by molar-refractivity contribution is 7.89. The van der Waals surface area contributed by atoms with Crippen LogP contribution in [0.25, 0.3) is 0 Å². The molecule has 1 unspecified atom stereocenters. The molecule has 1 aliphatic heterocycles. The van der Waals surface area contributed by atoms with E-state index >= 15 is 0 Å². The molecule has 0 bridgehead atoms. The van der Waals surface area contributed by atoms with E-state index in [1.807, 2.05) is 0 Å². The van der Waals surface area contributed by atoms with E-state index in [9.17, 15) is 8.42 Å². The number of aryl methyl sites for hydroxylation is 1. The molecule has 1 aromatic heterocycles. The lowest BCUT2D eigenvalue weighted by Crippen LogP contribution is -2.35. The highest BCUT2D eigenvalue weighted by Crippen LogP contribution is 2.13. The zero-order valence-electron chi connectivity index (χ0n) is 11.5.